The number of aliphatic carboxylic acids is 1. The Labute approximate surface area is 101 Å². The van der Waals surface area contributed by atoms with Crippen LogP contribution < -0.4 is 0 Å². The molecule has 2 atom stereocenters. The lowest BCUT2D eigenvalue weighted by molar-refractivity contribution is -0.349. The van der Waals surface area contributed by atoms with Crippen molar-refractivity contribution in [1.82, 2.24) is 0 Å². The number of halogens is 8. The molecular formula is C8H8F8O3. The zero-order valence-electron chi connectivity index (χ0n) is 8.84. The second-order valence-electron chi connectivity index (χ2n) is 2.89. The molecule has 0 amide bonds. The van der Waals surface area contributed by atoms with E-state index in [0.29, 0.717) is 0 Å². The van der Waals surface area contributed by atoms with Gasteiger partial charge in [0.25, 0.3) is 6.43 Å². The molecular weight excluding hydrogens is 296 g/mol. The van der Waals surface area contributed by atoms with Crippen molar-refractivity contribution in [1.29, 1.82) is 0 Å². The smallest absolute Gasteiger partial charge is 0.420 e. The molecule has 2 N–H and O–H groups in total. The van der Waals surface area contributed by atoms with E-state index in [1.54, 1.807) is 0 Å². The number of carboxylic acids is 1. The van der Waals surface area contributed by atoms with Gasteiger partial charge in [0, 0.05) is 6.08 Å². The Morgan fingerprint density at radius 1 is 1.11 bits per heavy atom. The van der Waals surface area contributed by atoms with E-state index in [1.807, 2.05) is 0 Å². The van der Waals surface area contributed by atoms with E-state index in [1.165, 1.54) is 0 Å². The number of aliphatic hydroxyl groups is 1. The summed E-state index contributed by atoms with van der Waals surface area (Å²) in [6, 6.07) is 0. The average molecular weight is 304 g/mol. The van der Waals surface area contributed by atoms with Crippen LogP contribution in [0.5, 0.6) is 0 Å². The lowest BCUT2D eigenvalue weighted by atomic mass is 10.1. The van der Waals surface area contributed by atoms with Gasteiger partial charge >= 0.3 is 18.0 Å². The zero-order valence-corrected chi connectivity index (χ0v) is 8.84. The molecule has 0 heterocycles. The predicted molar refractivity (Wildman–Crippen MR) is 45.7 cm³/mol. The number of hydrogen-bond acceptors (Lipinski definition) is 2. The number of hydrogen-bond donors (Lipinski definition) is 2. The zero-order chi connectivity index (χ0) is 16.0. The van der Waals surface area contributed by atoms with Crippen molar-refractivity contribution < 1.29 is 50.1 Å². The van der Waals surface area contributed by atoms with E-state index >= 15 is 0 Å². The van der Waals surface area contributed by atoms with Crippen LogP contribution in [0.15, 0.2) is 12.7 Å². The lowest BCUT2D eigenvalue weighted by Crippen LogP contribution is -2.52. The fraction of sp³-hybridized carbons (Fsp3) is 0.625. The number of rotatable bonds is 5. The molecule has 0 fully saturated rings. The topological polar surface area (TPSA) is 57.5 Å². The number of carbonyl (C=O) groups is 1. The van der Waals surface area contributed by atoms with Crippen molar-refractivity contribution in [2.45, 2.75) is 30.8 Å². The van der Waals surface area contributed by atoms with Crippen LogP contribution in [-0.2, 0) is 4.79 Å². The van der Waals surface area contributed by atoms with Crippen LogP contribution in [0.25, 0.3) is 0 Å². The Morgan fingerprint density at radius 3 is 1.58 bits per heavy atom. The molecule has 114 valence electrons. The van der Waals surface area contributed by atoms with Gasteiger partial charge in [-0.1, -0.05) is 6.58 Å². The van der Waals surface area contributed by atoms with E-state index in [9.17, 15) is 39.9 Å². The van der Waals surface area contributed by atoms with E-state index in [2.05, 4.69) is 6.58 Å². The summed E-state index contributed by atoms with van der Waals surface area (Å²) in [5.41, 5.74) is 0. The monoisotopic (exact) mass is 304 g/mol. The molecule has 0 bridgehead atoms. The van der Waals surface area contributed by atoms with Crippen molar-refractivity contribution in [2.75, 3.05) is 0 Å². The summed E-state index contributed by atoms with van der Waals surface area (Å²) in [4.78, 5) is 9.25. The molecule has 0 rings (SSSR count). The maximum absolute atomic E-state index is 12.1. The SMILES string of the molecule is C=CC(=O)O.OC(F)(F)C(F)(F)C(F)C(F)C(F)F. The van der Waals surface area contributed by atoms with E-state index in [0.717, 1.165) is 6.08 Å². The normalized spacial score (nSPS) is 15.3. The summed E-state index contributed by atoms with van der Waals surface area (Å²) in [5.74, 6) is -6.88. The quantitative estimate of drug-likeness (QED) is 0.606. The highest BCUT2D eigenvalue weighted by molar-refractivity contribution is 5.78. The standard InChI is InChI=1S/C5H4F8O.C3H4O2/c6-1(3(8)9)2(7)4(10,11)5(12,13)14;1-2-3(4)5/h1-3,14H;2H,1H2,(H,4,5). The van der Waals surface area contributed by atoms with Gasteiger partial charge in [0.2, 0.25) is 6.17 Å². The molecule has 0 aliphatic rings. The maximum Gasteiger partial charge on any atom is 0.420 e. The van der Waals surface area contributed by atoms with Crippen molar-refractivity contribution in [2.24, 2.45) is 0 Å². The molecule has 19 heavy (non-hydrogen) atoms. The highest BCUT2D eigenvalue weighted by Crippen LogP contribution is 2.39. The molecule has 0 aromatic heterocycles. The molecule has 0 aliphatic heterocycles. The highest BCUT2D eigenvalue weighted by atomic mass is 19.3. The molecule has 2 unspecified atom stereocenters. The van der Waals surface area contributed by atoms with Gasteiger partial charge in [-0.2, -0.15) is 17.6 Å². The van der Waals surface area contributed by atoms with Crippen LogP contribution in [0.1, 0.15) is 0 Å². The Kier molecular flexibility index (Phi) is 7.62. The Balaban J connectivity index is 0. The first kappa shape index (κ1) is 19.9. The van der Waals surface area contributed by atoms with Crippen molar-refractivity contribution >= 4 is 5.97 Å². The van der Waals surface area contributed by atoms with E-state index < -0.39 is 36.8 Å². The van der Waals surface area contributed by atoms with Crippen molar-refractivity contribution in [3.8, 4) is 0 Å². The molecule has 0 aromatic carbocycles. The lowest BCUT2D eigenvalue weighted by Gasteiger charge is -2.26. The minimum atomic E-state index is -5.90. The molecule has 0 spiro atoms. The molecule has 3 nitrogen and oxygen atoms in total. The minimum Gasteiger partial charge on any atom is -0.478 e. The number of alkyl halides is 8. The molecule has 0 saturated carbocycles. The maximum atomic E-state index is 12.1. The summed E-state index contributed by atoms with van der Waals surface area (Å²) in [7, 11) is 0. The van der Waals surface area contributed by atoms with Crippen LogP contribution in [-0.4, -0.2) is 47.0 Å². The van der Waals surface area contributed by atoms with Gasteiger partial charge in [-0.15, -0.1) is 0 Å². The third-order valence-corrected chi connectivity index (χ3v) is 1.44. The van der Waals surface area contributed by atoms with Crippen LogP contribution >= 0.6 is 0 Å². The van der Waals surface area contributed by atoms with Gasteiger partial charge in [0.05, 0.1) is 0 Å². The summed E-state index contributed by atoms with van der Waals surface area (Å²) >= 11 is 0. The van der Waals surface area contributed by atoms with Crippen LogP contribution in [0.4, 0.5) is 35.1 Å². The molecule has 0 aliphatic carbocycles. The molecule has 0 radical (unpaired) electrons. The van der Waals surface area contributed by atoms with Crippen LogP contribution in [0, 0.1) is 0 Å². The molecule has 11 heteroatoms. The van der Waals surface area contributed by atoms with Gasteiger partial charge in [0.1, 0.15) is 0 Å². The molecule has 0 aromatic rings. The highest BCUT2D eigenvalue weighted by Gasteiger charge is 2.65. The second-order valence-corrected chi connectivity index (χ2v) is 2.89. The van der Waals surface area contributed by atoms with Gasteiger partial charge < -0.3 is 10.2 Å². The van der Waals surface area contributed by atoms with Gasteiger partial charge in [-0.25, -0.2) is 22.4 Å². The first-order valence-corrected chi connectivity index (χ1v) is 4.18. The Bertz CT molecular complexity index is 301. The summed E-state index contributed by atoms with van der Waals surface area (Å²) < 4.78 is 93.6. The van der Waals surface area contributed by atoms with Crippen LogP contribution in [0.2, 0.25) is 0 Å². The first-order valence-electron chi connectivity index (χ1n) is 4.18. The summed E-state index contributed by atoms with van der Waals surface area (Å²) in [6.45, 7) is 2.96. The van der Waals surface area contributed by atoms with Gasteiger partial charge in [-0.05, 0) is 0 Å². The number of carboxylic acid groups (broad SMARTS) is 1. The third kappa shape index (κ3) is 6.36. The van der Waals surface area contributed by atoms with E-state index in [-0.39, 0.29) is 0 Å². The van der Waals surface area contributed by atoms with Crippen LogP contribution in [0.3, 0.4) is 0 Å². The largest absolute Gasteiger partial charge is 0.478 e. The fourth-order valence-electron chi connectivity index (χ4n) is 0.494. The van der Waals surface area contributed by atoms with Crippen molar-refractivity contribution in [3.05, 3.63) is 12.7 Å². The average Bonchev–Trinajstić information content (AvgIpc) is 2.25. The molecule has 0 saturated heterocycles. The fourth-order valence-corrected chi connectivity index (χ4v) is 0.494. The summed E-state index contributed by atoms with van der Waals surface area (Å²) in [5, 5.41) is 15.0. The summed E-state index contributed by atoms with van der Waals surface area (Å²) in [6.07, 6.45) is -17.8. The van der Waals surface area contributed by atoms with Gasteiger partial charge in [0.15, 0.2) is 6.17 Å². The second kappa shape index (κ2) is 7.26. The third-order valence-electron chi connectivity index (χ3n) is 1.44. The predicted octanol–water partition coefficient (Wildman–Crippen LogP) is 2.41. The first-order chi connectivity index (χ1) is 8.28. The van der Waals surface area contributed by atoms with Crippen molar-refractivity contribution in [3.63, 3.8) is 0 Å². The van der Waals surface area contributed by atoms with Gasteiger partial charge in [-0.3, -0.25) is 0 Å². The minimum absolute atomic E-state index is 0.833. The Hall–Kier alpha value is -1.39. The Morgan fingerprint density at radius 2 is 1.42 bits per heavy atom. The van der Waals surface area contributed by atoms with E-state index in [4.69, 9.17) is 10.2 Å².